The molecule has 0 aromatic carbocycles. The first-order valence-corrected chi connectivity index (χ1v) is 32.6. The third-order valence-corrected chi connectivity index (χ3v) is 25.1. The van der Waals surface area contributed by atoms with Crippen molar-refractivity contribution in [3.05, 3.63) is 59.0 Å². The predicted molar refractivity (Wildman–Crippen MR) is 306 cm³/mol. The summed E-state index contributed by atoms with van der Waals surface area (Å²) in [6.07, 6.45) is 23.4. The summed E-state index contributed by atoms with van der Waals surface area (Å²) < 4.78 is 13.7. The van der Waals surface area contributed by atoms with Crippen molar-refractivity contribution in [2.45, 2.75) is 259 Å². The number of rotatable bonds is 16. The second-order valence-electron chi connectivity index (χ2n) is 29.1. The number of carbonyl (C=O) groups is 1. The van der Waals surface area contributed by atoms with Crippen molar-refractivity contribution in [2.24, 2.45) is 68.8 Å². The van der Waals surface area contributed by atoms with Crippen LogP contribution in [0, 0.1) is 63.1 Å². The van der Waals surface area contributed by atoms with Crippen LogP contribution < -0.4 is 16.4 Å². The molecule has 0 aromatic rings. The van der Waals surface area contributed by atoms with E-state index in [-0.39, 0.29) is 87.5 Å². The molecule has 7 saturated carbocycles. The van der Waals surface area contributed by atoms with E-state index in [9.17, 15) is 35.7 Å². The summed E-state index contributed by atoms with van der Waals surface area (Å²) in [4.78, 5) is 16.4. The van der Waals surface area contributed by atoms with Crippen LogP contribution in [-0.2, 0) is 14.3 Å². The number of hydrogen-bond donors (Lipinski definition) is 12. The van der Waals surface area contributed by atoms with Gasteiger partial charge >= 0.3 is 0 Å². The first kappa shape index (κ1) is 58.9. The van der Waals surface area contributed by atoms with Gasteiger partial charge < -0.3 is 71.8 Å². The fourth-order valence-corrected chi connectivity index (χ4v) is 21.6. The summed E-state index contributed by atoms with van der Waals surface area (Å²) in [5, 5.41) is 123. The van der Waals surface area contributed by atoms with Gasteiger partial charge in [-0.05, 0) is 177 Å². The molecule has 2 aliphatic heterocycles. The van der Waals surface area contributed by atoms with Crippen LogP contribution in [0.3, 0.4) is 0 Å². The van der Waals surface area contributed by atoms with Gasteiger partial charge in [-0.2, -0.15) is 0 Å². The molecule has 13 rings (SSSR count). The van der Waals surface area contributed by atoms with Gasteiger partial charge in [0.25, 0.3) is 0 Å². The zero-order valence-corrected chi connectivity index (χ0v) is 49.0. The minimum Gasteiger partial charge on any atom is -0.396 e. The Balaban J connectivity index is 1.05. The van der Waals surface area contributed by atoms with E-state index >= 15 is 15.0 Å². The molecule has 15 heteroatoms. The number of nitrogens with one attached hydrogen (secondary N) is 2. The minimum absolute atomic E-state index is 0.00847. The number of fused-ring (bicyclic) bond motifs is 5. The zero-order chi connectivity index (χ0) is 57.1. The van der Waals surface area contributed by atoms with E-state index in [1.54, 1.807) is 13.8 Å². The van der Waals surface area contributed by atoms with Crippen LogP contribution in [0.2, 0.25) is 0 Å². The second kappa shape index (κ2) is 21.7. The van der Waals surface area contributed by atoms with Crippen molar-refractivity contribution >= 4 is 5.78 Å². The first-order chi connectivity index (χ1) is 38.7. The molecule has 1 saturated heterocycles. The standard InChI is InChI=1S/C66H101N3O12/c1-4-9-40-16-20-44-51(22-17-40)81-58-54(44)48(72)13-7-26-66(58,79)59(3,76)52-24-27-65(78)57-55(68-36-39(2)71)56(75)46-34-49(73)50(74)35-61(46)37-60(45-21-23-53(67)69-47(45)12-8-32-70)28-30-62(77,64(57,61)31-29-60)38-63(52,65)42-18-14-41(15-19-42)25-33-80-43-10-5-6-11-43/h21,23,28-31,39-44,46,48-54,58,68-74,76-79H,4-20,22,24-27,32-38,67H2,1-3H3. The quantitative estimate of drug-likeness (QED) is 0.0755. The average Bonchev–Trinajstić information content (AvgIpc) is 2.05. The summed E-state index contributed by atoms with van der Waals surface area (Å²) >= 11 is 0. The van der Waals surface area contributed by atoms with Crippen molar-refractivity contribution in [2.75, 3.05) is 19.8 Å². The molecule has 8 fully saturated rings. The molecule has 20 atom stereocenters. The molecule has 452 valence electrons. The lowest BCUT2D eigenvalue weighted by atomic mass is 9.30. The van der Waals surface area contributed by atoms with E-state index < -0.39 is 98.5 Å². The molecule has 2 heterocycles. The molecule has 13 aliphatic rings. The van der Waals surface area contributed by atoms with E-state index in [1.165, 1.54) is 12.8 Å². The number of dihydropyridines is 1. The number of ketones is 1. The summed E-state index contributed by atoms with van der Waals surface area (Å²) in [5.74, 6) is -1.97. The van der Waals surface area contributed by atoms with Crippen molar-refractivity contribution in [1.29, 1.82) is 0 Å². The lowest BCUT2D eigenvalue weighted by molar-refractivity contribution is -0.285. The fourth-order valence-electron chi connectivity index (χ4n) is 21.6. The molecule has 81 heavy (non-hydrogen) atoms. The van der Waals surface area contributed by atoms with Gasteiger partial charge in [-0.15, -0.1) is 0 Å². The SMILES string of the molecule is CCCC1CCC2OC3C(C(O)CCCC3(O)C(C)(O)C3CCC4(O)C5=C(NCC(C)O)C(=O)C6CC(O)C(O)CC67CC6(C8=C(CCCO)NC(N)C=C8)C=CC(O)(CC34C3CCC(CCOC4CCCC4)CC3)C57C=C6)C2CC1. The number of Topliss-reactive ketones (excluding diaryl/α,β-unsaturated/α-hetero) is 1. The predicted octanol–water partition coefficient (Wildman–Crippen LogP) is 6.32. The molecule has 15 nitrogen and oxygen atoms in total. The van der Waals surface area contributed by atoms with E-state index in [4.69, 9.17) is 15.2 Å². The molecule has 2 bridgehead atoms. The number of allylic oxidation sites excluding steroid dienone is 6. The van der Waals surface area contributed by atoms with Gasteiger partial charge in [0.05, 0.1) is 76.8 Å². The van der Waals surface area contributed by atoms with Crippen molar-refractivity contribution < 1.29 is 60.2 Å². The minimum atomic E-state index is -1.98. The number of nitrogens with two attached hydrogens (primary N) is 1. The Morgan fingerprint density at radius 1 is 0.877 bits per heavy atom. The Bertz CT molecular complexity index is 2520. The fraction of sp³-hybridized carbons (Fsp3) is 0.833. The van der Waals surface area contributed by atoms with Crippen molar-refractivity contribution in [3.8, 4) is 0 Å². The Labute approximate surface area is 481 Å². The second-order valence-corrected chi connectivity index (χ2v) is 29.1. The Morgan fingerprint density at radius 3 is 2.35 bits per heavy atom. The Kier molecular flexibility index (Phi) is 15.8. The molecule has 0 radical (unpaired) electrons. The number of hydrogen-bond acceptors (Lipinski definition) is 15. The number of ether oxygens (including phenoxy) is 2. The molecular weight excluding hydrogens is 1030 g/mol. The third kappa shape index (κ3) is 8.84. The van der Waals surface area contributed by atoms with Crippen LogP contribution in [0.25, 0.3) is 0 Å². The maximum atomic E-state index is 16.4. The summed E-state index contributed by atoms with van der Waals surface area (Å²) in [6.45, 7) is 6.21. The molecule has 20 unspecified atom stereocenters. The number of aliphatic hydroxyl groups is 9. The summed E-state index contributed by atoms with van der Waals surface area (Å²) in [6, 6.07) is 0. The summed E-state index contributed by atoms with van der Waals surface area (Å²) in [7, 11) is 0. The zero-order valence-electron chi connectivity index (χ0n) is 49.0. The van der Waals surface area contributed by atoms with Crippen molar-refractivity contribution in [1.82, 2.24) is 10.6 Å². The van der Waals surface area contributed by atoms with Gasteiger partial charge in [-0.3, -0.25) is 4.79 Å². The van der Waals surface area contributed by atoms with Gasteiger partial charge in [-0.1, -0.05) is 82.2 Å². The lowest BCUT2D eigenvalue weighted by Crippen LogP contribution is -2.78. The number of aliphatic hydroxyl groups excluding tert-OH is 5. The number of carbonyl (C=O) groups excluding carboxylic acids is 1. The van der Waals surface area contributed by atoms with Crippen LogP contribution in [0.1, 0.15) is 188 Å². The van der Waals surface area contributed by atoms with Gasteiger partial charge in [0.15, 0.2) is 5.78 Å². The Hall–Kier alpha value is -2.51. The van der Waals surface area contributed by atoms with Gasteiger partial charge in [0.1, 0.15) is 5.60 Å². The van der Waals surface area contributed by atoms with E-state index in [0.29, 0.717) is 68.6 Å². The van der Waals surface area contributed by atoms with E-state index in [1.807, 2.05) is 24.3 Å². The molecule has 0 amide bonds. The average molecular weight is 1130 g/mol. The topological polar surface area (TPSA) is 268 Å². The normalized spacial score (nSPS) is 48.5. The Morgan fingerprint density at radius 2 is 1.60 bits per heavy atom. The van der Waals surface area contributed by atoms with E-state index in [0.717, 1.165) is 81.9 Å². The maximum absolute atomic E-state index is 16.4. The van der Waals surface area contributed by atoms with Crippen LogP contribution in [0.5, 0.6) is 0 Å². The van der Waals surface area contributed by atoms with Gasteiger partial charge in [-0.25, -0.2) is 0 Å². The van der Waals surface area contributed by atoms with Crippen LogP contribution in [0.15, 0.2) is 59.0 Å². The summed E-state index contributed by atoms with van der Waals surface area (Å²) in [5.41, 5.74) is -4.33. The maximum Gasteiger partial charge on any atom is 0.182 e. The van der Waals surface area contributed by atoms with Crippen LogP contribution in [0.4, 0.5) is 0 Å². The highest BCUT2D eigenvalue weighted by Gasteiger charge is 2.85. The van der Waals surface area contributed by atoms with Gasteiger partial charge in [0.2, 0.25) is 0 Å². The van der Waals surface area contributed by atoms with Crippen LogP contribution >= 0.6 is 0 Å². The molecule has 11 aliphatic carbocycles. The highest BCUT2D eigenvalue weighted by Crippen LogP contribution is 2.83. The van der Waals surface area contributed by atoms with E-state index in [2.05, 4.69) is 29.7 Å². The van der Waals surface area contributed by atoms with Crippen LogP contribution in [-0.4, -0.2) is 143 Å². The highest BCUT2D eigenvalue weighted by atomic mass is 16.5. The lowest BCUT2D eigenvalue weighted by Gasteiger charge is -2.74. The highest BCUT2D eigenvalue weighted by molar-refractivity contribution is 6.01. The largest absolute Gasteiger partial charge is 0.396 e. The molecule has 0 aromatic heterocycles. The smallest absolute Gasteiger partial charge is 0.182 e. The molecule has 13 N–H and O–H groups in total. The van der Waals surface area contributed by atoms with Crippen molar-refractivity contribution in [3.63, 3.8) is 0 Å². The van der Waals surface area contributed by atoms with Gasteiger partial charge in [0, 0.05) is 59.1 Å². The molecular formula is C66H101N3O12. The molecule has 2 spiro atoms. The first-order valence-electron chi connectivity index (χ1n) is 32.6. The monoisotopic (exact) mass is 1130 g/mol. The third-order valence-electron chi connectivity index (χ3n) is 25.1.